The Hall–Kier alpha value is -3.90. The molecule has 3 heterocycles. The lowest BCUT2D eigenvalue weighted by Crippen LogP contribution is -2.22. The molecular weight excluding hydrogens is 515 g/mol. The van der Waals surface area contributed by atoms with Gasteiger partial charge in [0, 0.05) is 44.8 Å². The van der Waals surface area contributed by atoms with E-state index in [4.69, 9.17) is 9.15 Å². The third-order valence-electron chi connectivity index (χ3n) is 6.26. The highest BCUT2D eigenvalue weighted by Gasteiger charge is 2.24. The molecule has 0 bridgehead atoms. The van der Waals surface area contributed by atoms with E-state index in [1.54, 1.807) is 6.07 Å². The number of fused-ring (bicyclic) bond motifs is 2. The smallest absolute Gasteiger partial charge is 0.261 e. The van der Waals surface area contributed by atoms with Gasteiger partial charge in [0.25, 0.3) is 5.91 Å². The maximum atomic E-state index is 15.2. The van der Waals surface area contributed by atoms with Gasteiger partial charge in [-0.2, -0.15) is 10.2 Å². The molecule has 0 unspecified atom stereocenters. The van der Waals surface area contributed by atoms with Crippen LogP contribution in [0.4, 0.5) is 18.9 Å². The summed E-state index contributed by atoms with van der Waals surface area (Å²) in [4.78, 5) is 12.9. The van der Waals surface area contributed by atoms with Gasteiger partial charge in [-0.3, -0.25) is 9.48 Å². The van der Waals surface area contributed by atoms with E-state index in [1.165, 1.54) is 47.3 Å². The van der Waals surface area contributed by atoms with Gasteiger partial charge in [0.2, 0.25) is 0 Å². The van der Waals surface area contributed by atoms with Crippen molar-refractivity contribution in [1.29, 1.82) is 0 Å². The summed E-state index contributed by atoms with van der Waals surface area (Å²) in [5.74, 6) is -4.08. The second-order valence-electron chi connectivity index (χ2n) is 10.3. The Kier molecular flexibility index (Phi) is 6.61. The van der Waals surface area contributed by atoms with Gasteiger partial charge >= 0.3 is 0 Å². The fourth-order valence-electron chi connectivity index (χ4n) is 4.14. The fraction of sp³-hybridized carbons (Fsp3) is 0.269. The van der Waals surface area contributed by atoms with E-state index in [0.29, 0.717) is 28.8 Å². The average molecular weight is 542 g/mol. The average Bonchev–Trinajstić information content (AvgIpc) is 3.57. The summed E-state index contributed by atoms with van der Waals surface area (Å²) in [7, 11) is 0.233. The van der Waals surface area contributed by atoms with Gasteiger partial charge in [0.15, 0.2) is 0 Å². The van der Waals surface area contributed by atoms with Crippen molar-refractivity contribution in [1.82, 2.24) is 19.6 Å². The van der Waals surface area contributed by atoms with Crippen molar-refractivity contribution in [3.63, 3.8) is 0 Å². The maximum Gasteiger partial charge on any atom is 0.261 e. The minimum absolute atomic E-state index is 0.0207. The number of benzene rings is 2. The number of amides is 1. The number of anilines is 1. The van der Waals surface area contributed by atoms with Crippen LogP contribution in [0.2, 0.25) is 25.7 Å². The molecular formula is C26H26F3N5O3Si. The van der Waals surface area contributed by atoms with Crippen molar-refractivity contribution in [2.75, 3.05) is 11.9 Å². The third-order valence-corrected chi connectivity index (χ3v) is 7.97. The molecule has 0 radical (unpaired) electrons. The van der Waals surface area contributed by atoms with Crippen LogP contribution in [-0.2, 0) is 18.5 Å². The highest BCUT2D eigenvalue weighted by atomic mass is 28.3. The van der Waals surface area contributed by atoms with E-state index in [1.807, 2.05) is 0 Å². The van der Waals surface area contributed by atoms with E-state index in [2.05, 4.69) is 35.2 Å². The number of carbonyl (C=O) groups is 1. The van der Waals surface area contributed by atoms with Crippen molar-refractivity contribution < 1.29 is 27.1 Å². The first-order chi connectivity index (χ1) is 18.0. The molecule has 38 heavy (non-hydrogen) atoms. The third kappa shape index (κ3) is 4.84. The molecule has 3 aromatic heterocycles. The van der Waals surface area contributed by atoms with Crippen molar-refractivity contribution >= 4 is 41.5 Å². The molecule has 2 aromatic carbocycles. The predicted octanol–water partition coefficient (Wildman–Crippen LogP) is 6.16. The highest BCUT2D eigenvalue weighted by molar-refractivity contribution is 6.76. The largest absolute Gasteiger partial charge is 0.472 e. The normalized spacial score (nSPS) is 12.1. The zero-order valence-electron chi connectivity index (χ0n) is 21.3. The molecule has 0 aliphatic heterocycles. The van der Waals surface area contributed by atoms with Crippen LogP contribution in [0.1, 0.15) is 10.4 Å². The number of hydrogen-bond donors (Lipinski definition) is 1. The quantitative estimate of drug-likeness (QED) is 0.188. The summed E-state index contributed by atoms with van der Waals surface area (Å²) in [6, 6.07) is 6.27. The van der Waals surface area contributed by atoms with Crippen LogP contribution >= 0.6 is 0 Å². The number of aromatic nitrogens is 4. The Labute approximate surface area is 217 Å². The van der Waals surface area contributed by atoms with Crippen LogP contribution in [0.3, 0.4) is 0 Å². The van der Waals surface area contributed by atoms with Crippen molar-refractivity contribution in [3.8, 4) is 11.3 Å². The lowest BCUT2D eigenvalue weighted by molar-refractivity contribution is 0.0818. The lowest BCUT2D eigenvalue weighted by Gasteiger charge is -2.15. The van der Waals surface area contributed by atoms with Gasteiger partial charge in [-0.05, 0) is 18.2 Å². The van der Waals surface area contributed by atoms with Gasteiger partial charge in [0.05, 0.1) is 40.8 Å². The fourth-order valence-corrected chi connectivity index (χ4v) is 4.90. The number of carbonyl (C=O) groups excluding carboxylic acids is 1. The van der Waals surface area contributed by atoms with Gasteiger partial charge in [-0.15, -0.1) is 0 Å². The summed E-state index contributed by atoms with van der Waals surface area (Å²) in [6.45, 7) is 7.38. The molecule has 0 fully saturated rings. The van der Waals surface area contributed by atoms with Crippen LogP contribution in [-0.4, -0.2) is 40.1 Å². The summed E-state index contributed by atoms with van der Waals surface area (Å²) in [6.07, 6.45) is 4.18. The number of nitrogens with zero attached hydrogens (tertiary/aromatic N) is 4. The SMILES string of the molecule is Cn1ncc2c(F)c(C(=O)Nc3cc4c(-c5ccoc5)nn(COCC[Si](C)(C)C)c4cc3F)c(F)cc21. The molecule has 8 nitrogen and oxygen atoms in total. The number of ether oxygens (including phenoxy) is 1. The minimum atomic E-state index is -1.30. The van der Waals surface area contributed by atoms with E-state index in [9.17, 15) is 9.18 Å². The van der Waals surface area contributed by atoms with E-state index < -0.39 is 37.0 Å². The molecule has 0 aliphatic rings. The number of nitrogens with one attached hydrogen (secondary N) is 1. The molecule has 0 spiro atoms. The molecule has 1 amide bonds. The number of furan rings is 1. The number of aryl methyl sites for hydroxylation is 1. The first-order valence-electron chi connectivity index (χ1n) is 11.9. The van der Waals surface area contributed by atoms with E-state index in [-0.39, 0.29) is 23.3 Å². The maximum absolute atomic E-state index is 15.2. The van der Waals surface area contributed by atoms with Gasteiger partial charge in [0.1, 0.15) is 35.4 Å². The van der Waals surface area contributed by atoms with Crippen LogP contribution in [0.5, 0.6) is 0 Å². The second-order valence-corrected chi connectivity index (χ2v) is 15.9. The zero-order chi connectivity index (χ0) is 27.2. The standard InChI is InChI=1S/C26H26F3N5O3Si/c1-33-21-11-19(28)23(24(29)17(21)12-30-33)26(35)31-20-9-16-22(10-18(20)27)34(14-37-7-8-38(2,3)4)32-25(16)15-5-6-36-13-15/h5-6,9-13H,7-8,14H2,1-4H3,(H,31,35). The van der Waals surface area contributed by atoms with E-state index in [0.717, 1.165) is 12.1 Å². The Bertz CT molecular complexity index is 1650. The molecule has 5 aromatic rings. The molecule has 0 aliphatic carbocycles. The van der Waals surface area contributed by atoms with E-state index >= 15 is 8.78 Å². The first-order valence-corrected chi connectivity index (χ1v) is 15.7. The molecule has 198 valence electrons. The molecule has 0 atom stereocenters. The summed E-state index contributed by atoms with van der Waals surface area (Å²) in [5, 5.41) is 11.3. The number of rotatable bonds is 8. The van der Waals surface area contributed by atoms with Crippen molar-refractivity contribution in [2.45, 2.75) is 32.4 Å². The number of hydrogen-bond acceptors (Lipinski definition) is 5. The van der Waals surface area contributed by atoms with Crippen LogP contribution in [0, 0.1) is 17.5 Å². The molecule has 12 heteroatoms. The zero-order valence-corrected chi connectivity index (χ0v) is 22.3. The highest BCUT2D eigenvalue weighted by Crippen LogP contribution is 2.33. The van der Waals surface area contributed by atoms with Crippen LogP contribution < -0.4 is 5.32 Å². The Morgan fingerprint density at radius 3 is 2.58 bits per heavy atom. The molecule has 0 saturated carbocycles. The van der Waals surface area contributed by atoms with Gasteiger partial charge in [-0.1, -0.05) is 19.6 Å². The topological polar surface area (TPSA) is 87.1 Å². The van der Waals surface area contributed by atoms with Crippen LogP contribution in [0.25, 0.3) is 33.1 Å². The van der Waals surface area contributed by atoms with Gasteiger partial charge < -0.3 is 14.5 Å². The van der Waals surface area contributed by atoms with Crippen molar-refractivity contribution in [2.24, 2.45) is 7.05 Å². The first kappa shape index (κ1) is 25.7. The monoisotopic (exact) mass is 541 g/mol. The molecule has 1 N–H and O–H groups in total. The summed E-state index contributed by atoms with van der Waals surface area (Å²) in [5.41, 5.74) is 0.654. The lowest BCUT2D eigenvalue weighted by atomic mass is 10.1. The van der Waals surface area contributed by atoms with Gasteiger partial charge in [-0.25, -0.2) is 17.9 Å². The summed E-state index contributed by atoms with van der Waals surface area (Å²) < 4.78 is 58.8. The van der Waals surface area contributed by atoms with Crippen LogP contribution in [0.15, 0.2) is 47.4 Å². The predicted molar refractivity (Wildman–Crippen MR) is 140 cm³/mol. The molecule has 5 rings (SSSR count). The Morgan fingerprint density at radius 2 is 1.87 bits per heavy atom. The Morgan fingerprint density at radius 1 is 1.11 bits per heavy atom. The van der Waals surface area contributed by atoms with Crippen molar-refractivity contribution in [3.05, 3.63) is 66.0 Å². The minimum Gasteiger partial charge on any atom is -0.472 e. The Balaban J connectivity index is 1.50. The number of halogens is 3. The summed E-state index contributed by atoms with van der Waals surface area (Å²) >= 11 is 0. The second kappa shape index (κ2) is 9.76. The molecule has 0 saturated heterocycles.